The SMILES string of the molecule is COc1nc2c(C)cc(C(O)(c3ccc(F)cc3)c3cncn3C)cc2c(C#N)c1-c1cccc(C)c1. The molecule has 3 aromatic carbocycles. The molecule has 37 heavy (non-hydrogen) atoms. The molecule has 0 aliphatic rings. The molecule has 0 spiro atoms. The molecule has 0 aliphatic carbocycles. The normalized spacial score (nSPS) is 12.8. The van der Waals surface area contributed by atoms with E-state index in [0.29, 0.717) is 44.7 Å². The molecule has 1 N–H and O–H groups in total. The molecule has 2 heterocycles. The van der Waals surface area contributed by atoms with Crippen LogP contribution in [0.15, 0.2) is 73.2 Å². The third-order valence-corrected chi connectivity index (χ3v) is 6.73. The molecule has 5 aromatic rings. The summed E-state index contributed by atoms with van der Waals surface area (Å²) in [6.45, 7) is 3.86. The summed E-state index contributed by atoms with van der Waals surface area (Å²) in [5.41, 5.74) is 3.97. The summed E-state index contributed by atoms with van der Waals surface area (Å²) in [6.07, 6.45) is 3.18. The zero-order valence-corrected chi connectivity index (χ0v) is 21.0. The maximum Gasteiger partial charge on any atom is 0.223 e. The third-order valence-electron chi connectivity index (χ3n) is 6.73. The Balaban J connectivity index is 1.87. The number of aromatic nitrogens is 3. The number of imidazole rings is 1. The first-order chi connectivity index (χ1) is 17.8. The number of hydrogen-bond acceptors (Lipinski definition) is 5. The van der Waals surface area contributed by atoms with Crippen LogP contribution in [0.2, 0.25) is 0 Å². The Morgan fingerprint density at radius 2 is 1.81 bits per heavy atom. The first-order valence-electron chi connectivity index (χ1n) is 11.7. The maximum atomic E-state index is 13.8. The molecule has 6 nitrogen and oxygen atoms in total. The van der Waals surface area contributed by atoms with Crippen LogP contribution in [0.1, 0.15) is 33.5 Å². The van der Waals surface area contributed by atoms with E-state index in [4.69, 9.17) is 9.72 Å². The first kappa shape index (κ1) is 24.2. The van der Waals surface area contributed by atoms with Crippen molar-refractivity contribution in [2.75, 3.05) is 7.11 Å². The first-order valence-corrected chi connectivity index (χ1v) is 11.7. The van der Waals surface area contributed by atoms with Gasteiger partial charge < -0.3 is 14.4 Å². The summed E-state index contributed by atoms with van der Waals surface area (Å²) >= 11 is 0. The van der Waals surface area contributed by atoms with Crippen molar-refractivity contribution < 1.29 is 14.2 Å². The number of aryl methyl sites for hydroxylation is 3. The van der Waals surface area contributed by atoms with E-state index in [1.54, 1.807) is 42.3 Å². The fourth-order valence-electron chi connectivity index (χ4n) is 4.92. The lowest BCUT2D eigenvalue weighted by Crippen LogP contribution is -2.31. The van der Waals surface area contributed by atoms with E-state index in [1.807, 2.05) is 44.2 Å². The number of halogens is 1. The molecule has 7 heteroatoms. The minimum Gasteiger partial charge on any atom is -0.480 e. The van der Waals surface area contributed by atoms with Gasteiger partial charge in [-0.2, -0.15) is 5.26 Å². The van der Waals surface area contributed by atoms with Gasteiger partial charge in [0.05, 0.1) is 42.0 Å². The smallest absolute Gasteiger partial charge is 0.223 e. The molecule has 0 saturated heterocycles. The van der Waals surface area contributed by atoms with E-state index >= 15 is 0 Å². The van der Waals surface area contributed by atoms with Crippen LogP contribution in [0.3, 0.4) is 0 Å². The fraction of sp³-hybridized carbons (Fsp3) is 0.167. The molecule has 0 fully saturated rings. The highest BCUT2D eigenvalue weighted by Crippen LogP contribution is 2.42. The van der Waals surface area contributed by atoms with Crippen LogP contribution < -0.4 is 4.74 Å². The number of pyridine rings is 1. The second-order valence-corrected chi connectivity index (χ2v) is 9.15. The molecule has 2 aromatic heterocycles. The number of hydrogen-bond donors (Lipinski definition) is 1. The predicted molar refractivity (Wildman–Crippen MR) is 140 cm³/mol. The molecule has 0 aliphatic heterocycles. The molecule has 0 radical (unpaired) electrons. The van der Waals surface area contributed by atoms with Crippen LogP contribution in [-0.2, 0) is 12.6 Å². The summed E-state index contributed by atoms with van der Waals surface area (Å²) in [6, 6.07) is 19.5. The molecule has 1 unspecified atom stereocenters. The number of methoxy groups -OCH3 is 1. The van der Waals surface area contributed by atoms with Gasteiger partial charge in [0, 0.05) is 12.4 Å². The second-order valence-electron chi connectivity index (χ2n) is 9.15. The highest BCUT2D eigenvalue weighted by molar-refractivity contribution is 5.96. The zero-order chi connectivity index (χ0) is 26.3. The Hall–Kier alpha value is -4.54. The van der Waals surface area contributed by atoms with Gasteiger partial charge in [-0.15, -0.1) is 0 Å². The third kappa shape index (κ3) is 3.92. The van der Waals surface area contributed by atoms with Crippen molar-refractivity contribution in [3.8, 4) is 23.1 Å². The van der Waals surface area contributed by atoms with Crippen LogP contribution in [0.4, 0.5) is 4.39 Å². The Morgan fingerprint density at radius 1 is 1.05 bits per heavy atom. The fourth-order valence-corrected chi connectivity index (χ4v) is 4.92. The number of aliphatic hydroxyl groups is 1. The van der Waals surface area contributed by atoms with Gasteiger partial charge in [0.15, 0.2) is 5.60 Å². The number of fused-ring (bicyclic) bond motifs is 1. The summed E-state index contributed by atoms with van der Waals surface area (Å²) in [7, 11) is 3.32. The largest absolute Gasteiger partial charge is 0.480 e. The van der Waals surface area contributed by atoms with Crippen molar-refractivity contribution in [1.82, 2.24) is 14.5 Å². The van der Waals surface area contributed by atoms with Gasteiger partial charge in [0.25, 0.3) is 0 Å². The standard InChI is InChI=1S/C30H25FN4O2/c1-18-6-5-7-20(12-18)27-25(15-32)24-14-22(13-19(2)28(24)34-29(27)37-4)30(36,26-16-33-17-35(26)3)21-8-10-23(31)11-9-21/h5-14,16-17,36H,1-4H3. The number of nitriles is 1. The lowest BCUT2D eigenvalue weighted by Gasteiger charge is -2.30. The van der Waals surface area contributed by atoms with E-state index in [-0.39, 0.29) is 0 Å². The van der Waals surface area contributed by atoms with Crippen molar-refractivity contribution in [2.24, 2.45) is 7.05 Å². The molecule has 0 amide bonds. The van der Waals surface area contributed by atoms with E-state index in [2.05, 4.69) is 11.1 Å². The van der Waals surface area contributed by atoms with Crippen molar-refractivity contribution in [2.45, 2.75) is 19.4 Å². The van der Waals surface area contributed by atoms with Crippen LogP contribution in [0.5, 0.6) is 5.88 Å². The minimum absolute atomic E-state index is 0.353. The van der Waals surface area contributed by atoms with Crippen LogP contribution in [0, 0.1) is 31.0 Å². The quantitative estimate of drug-likeness (QED) is 0.348. The van der Waals surface area contributed by atoms with Gasteiger partial charge >= 0.3 is 0 Å². The maximum absolute atomic E-state index is 13.8. The van der Waals surface area contributed by atoms with E-state index in [1.165, 1.54) is 19.2 Å². The Morgan fingerprint density at radius 3 is 2.43 bits per heavy atom. The Bertz CT molecular complexity index is 1690. The van der Waals surface area contributed by atoms with E-state index in [0.717, 1.165) is 16.7 Å². The highest BCUT2D eigenvalue weighted by atomic mass is 19.1. The lowest BCUT2D eigenvalue weighted by molar-refractivity contribution is 0.117. The van der Waals surface area contributed by atoms with Crippen LogP contribution in [-0.4, -0.2) is 26.8 Å². The molecule has 0 bridgehead atoms. The summed E-state index contributed by atoms with van der Waals surface area (Å²) in [5.74, 6) is -0.0532. The number of nitrogens with zero attached hydrogens (tertiary/aromatic N) is 4. The van der Waals surface area contributed by atoms with Crippen molar-refractivity contribution in [1.29, 1.82) is 5.26 Å². The summed E-state index contributed by atoms with van der Waals surface area (Å²) in [4.78, 5) is 8.98. The predicted octanol–water partition coefficient (Wildman–Crippen LogP) is 5.56. The summed E-state index contributed by atoms with van der Waals surface area (Å²) in [5, 5.41) is 23.3. The average molecular weight is 493 g/mol. The van der Waals surface area contributed by atoms with Crippen LogP contribution in [0.25, 0.3) is 22.0 Å². The molecular weight excluding hydrogens is 467 g/mol. The van der Waals surface area contributed by atoms with Crippen molar-refractivity contribution in [3.63, 3.8) is 0 Å². The van der Waals surface area contributed by atoms with Gasteiger partial charge in [-0.25, -0.2) is 14.4 Å². The van der Waals surface area contributed by atoms with Crippen LogP contribution >= 0.6 is 0 Å². The molecular formula is C30H25FN4O2. The summed E-state index contributed by atoms with van der Waals surface area (Å²) < 4.78 is 21.2. The van der Waals surface area contributed by atoms with Gasteiger partial charge in [-0.05, 0) is 54.3 Å². The van der Waals surface area contributed by atoms with Gasteiger partial charge in [-0.1, -0.05) is 48.0 Å². The molecule has 5 rings (SSSR count). The molecule has 184 valence electrons. The van der Waals surface area contributed by atoms with Crippen molar-refractivity contribution >= 4 is 10.9 Å². The topological polar surface area (TPSA) is 84.0 Å². The molecule has 1 atom stereocenters. The number of rotatable bonds is 5. The van der Waals surface area contributed by atoms with Gasteiger partial charge in [0.1, 0.15) is 11.9 Å². The number of benzene rings is 3. The van der Waals surface area contributed by atoms with Crippen molar-refractivity contribution in [3.05, 3.63) is 113 Å². The average Bonchev–Trinajstić information content (AvgIpc) is 3.33. The van der Waals surface area contributed by atoms with E-state index < -0.39 is 11.4 Å². The molecule has 0 saturated carbocycles. The number of ether oxygens (including phenoxy) is 1. The minimum atomic E-state index is -1.67. The zero-order valence-electron chi connectivity index (χ0n) is 21.0. The monoisotopic (exact) mass is 492 g/mol. The van der Waals surface area contributed by atoms with Gasteiger partial charge in [0.2, 0.25) is 5.88 Å². The second kappa shape index (κ2) is 9.16. The lowest BCUT2D eigenvalue weighted by atomic mass is 9.81. The van der Waals surface area contributed by atoms with Gasteiger partial charge in [-0.3, -0.25) is 0 Å². The highest BCUT2D eigenvalue weighted by Gasteiger charge is 2.37. The Labute approximate surface area is 214 Å². The van der Waals surface area contributed by atoms with E-state index in [9.17, 15) is 14.8 Å². The Kier molecular flexibility index (Phi) is 5.98.